The van der Waals surface area contributed by atoms with Gasteiger partial charge in [0.05, 0.1) is 10.6 Å². The van der Waals surface area contributed by atoms with Crippen LogP contribution >= 0.6 is 15.9 Å². The van der Waals surface area contributed by atoms with Gasteiger partial charge in [0, 0.05) is 6.54 Å². The summed E-state index contributed by atoms with van der Waals surface area (Å²) in [5.74, 6) is 1.43. The van der Waals surface area contributed by atoms with E-state index in [1.54, 1.807) is 0 Å². The van der Waals surface area contributed by atoms with Gasteiger partial charge < -0.3 is 19.9 Å². The van der Waals surface area contributed by atoms with Gasteiger partial charge in [-0.15, -0.1) is 0 Å². The summed E-state index contributed by atoms with van der Waals surface area (Å²) in [6.45, 7) is 2.81. The van der Waals surface area contributed by atoms with E-state index >= 15 is 0 Å². The van der Waals surface area contributed by atoms with Crippen LogP contribution in [0.2, 0.25) is 0 Å². The molecule has 4 nitrogen and oxygen atoms in total. The van der Waals surface area contributed by atoms with Crippen LogP contribution in [0.4, 0.5) is 0 Å². The highest BCUT2D eigenvalue weighted by atomic mass is 79.9. The van der Waals surface area contributed by atoms with E-state index in [4.69, 9.17) is 9.47 Å². The molecule has 94 valence electrons. The minimum Gasteiger partial charge on any atom is -0.454 e. The van der Waals surface area contributed by atoms with Crippen LogP contribution in [0, 0.1) is 0 Å². The van der Waals surface area contributed by atoms with Crippen LogP contribution in [-0.4, -0.2) is 25.5 Å². The lowest BCUT2D eigenvalue weighted by Gasteiger charge is -2.17. The van der Waals surface area contributed by atoms with Crippen molar-refractivity contribution in [2.75, 3.05) is 20.4 Å². The molecule has 1 unspecified atom stereocenters. The Morgan fingerprint density at radius 1 is 1.53 bits per heavy atom. The van der Waals surface area contributed by atoms with Crippen LogP contribution in [0.25, 0.3) is 0 Å². The molecule has 1 atom stereocenters. The third kappa shape index (κ3) is 2.27. The van der Waals surface area contributed by atoms with Gasteiger partial charge in [-0.25, -0.2) is 0 Å². The van der Waals surface area contributed by atoms with Crippen LogP contribution < -0.4 is 14.8 Å². The Balaban J connectivity index is 2.47. The number of hydrogen-bond acceptors (Lipinski definition) is 4. The van der Waals surface area contributed by atoms with E-state index in [2.05, 4.69) is 28.2 Å². The number of ether oxygens (including phenoxy) is 2. The fourth-order valence-electron chi connectivity index (χ4n) is 2.02. The number of hydrogen-bond donors (Lipinski definition) is 2. The Bertz CT molecular complexity index is 423. The highest BCUT2D eigenvalue weighted by molar-refractivity contribution is 9.10. The minimum absolute atomic E-state index is 0.239. The van der Waals surface area contributed by atoms with E-state index in [1.807, 2.05) is 13.1 Å². The smallest absolute Gasteiger partial charge is 0.231 e. The number of benzene rings is 1. The van der Waals surface area contributed by atoms with Crippen molar-refractivity contribution in [1.29, 1.82) is 0 Å². The molecule has 2 N–H and O–H groups in total. The molecule has 0 aromatic heterocycles. The first kappa shape index (κ1) is 12.7. The van der Waals surface area contributed by atoms with E-state index < -0.39 is 6.10 Å². The summed E-state index contributed by atoms with van der Waals surface area (Å²) < 4.78 is 11.7. The zero-order chi connectivity index (χ0) is 12.4. The highest BCUT2D eigenvalue weighted by Gasteiger charge is 2.24. The minimum atomic E-state index is -0.541. The third-order valence-corrected chi connectivity index (χ3v) is 3.69. The summed E-state index contributed by atoms with van der Waals surface area (Å²) in [4.78, 5) is 0. The molecule has 0 bridgehead atoms. The largest absolute Gasteiger partial charge is 0.454 e. The van der Waals surface area contributed by atoms with Gasteiger partial charge in [-0.2, -0.15) is 0 Å². The van der Waals surface area contributed by atoms with Crippen molar-refractivity contribution in [2.45, 2.75) is 19.4 Å². The number of fused-ring (bicyclic) bond motifs is 1. The van der Waals surface area contributed by atoms with Gasteiger partial charge in [0.2, 0.25) is 6.79 Å². The molecule has 0 fully saturated rings. The molecule has 1 aliphatic rings. The molecular formula is C12H16BrNO3. The lowest BCUT2D eigenvalue weighted by molar-refractivity contribution is 0.171. The second kappa shape index (κ2) is 5.25. The number of likely N-dealkylation sites (N-methyl/N-ethyl adjacent to an activating group) is 1. The predicted octanol–water partition coefficient (Wildman–Crippen LogP) is 1.99. The second-order valence-corrected chi connectivity index (χ2v) is 4.71. The standard InChI is InChI=1S/C12H16BrNO3/c1-3-7-8(9(15)5-14-2)4-10-12(11(7)13)17-6-16-10/h4,9,14-15H,3,5-6H2,1-2H3. The molecule has 0 radical (unpaired) electrons. The topological polar surface area (TPSA) is 50.7 Å². The van der Waals surface area contributed by atoms with Gasteiger partial charge in [0.1, 0.15) is 0 Å². The van der Waals surface area contributed by atoms with E-state index in [-0.39, 0.29) is 6.79 Å². The van der Waals surface area contributed by atoms with E-state index in [0.717, 1.165) is 27.8 Å². The number of aliphatic hydroxyl groups is 1. The summed E-state index contributed by atoms with van der Waals surface area (Å²) in [7, 11) is 1.82. The summed E-state index contributed by atoms with van der Waals surface area (Å²) >= 11 is 3.53. The molecule has 5 heteroatoms. The van der Waals surface area contributed by atoms with Crippen LogP contribution in [0.15, 0.2) is 10.5 Å². The zero-order valence-electron chi connectivity index (χ0n) is 9.92. The lowest BCUT2D eigenvalue weighted by Crippen LogP contribution is -2.18. The Labute approximate surface area is 109 Å². The van der Waals surface area contributed by atoms with Gasteiger partial charge in [0.25, 0.3) is 0 Å². The van der Waals surface area contributed by atoms with Crippen molar-refractivity contribution < 1.29 is 14.6 Å². The first-order valence-corrected chi connectivity index (χ1v) is 6.41. The second-order valence-electron chi connectivity index (χ2n) is 3.92. The first-order valence-electron chi connectivity index (χ1n) is 5.62. The maximum Gasteiger partial charge on any atom is 0.231 e. The van der Waals surface area contributed by atoms with Gasteiger partial charge >= 0.3 is 0 Å². The van der Waals surface area contributed by atoms with Gasteiger partial charge in [-0.05, 0) is 46.6 Å². The Morgan fingerprint density at radius 2 is 2.29 bits per heavy atom. The fourth-order valence-corrected chi connectivity index (χ4v) is 2.84. The van der Waals surface area contributed by atoms with Crippen LogP contribution in [-0.2, 0) is 6.42 Å². The normalized spacial score (nSPS) is 15.1. The Hall–Kier alpha value is -0.780. The maximum atomic E-state index is 10.1. The number of nitrogens with one attached hydrogen (secondary N) is 1. The zero-order valence-corrected chi connectivity index (χ0v) is 11.5. The molecule has 0 spiro atoms. The Morgan fingerprint density at radius 3 is 2.94 bits per heavy atom. The lowest BCUT2D eigenvalue weighted by atomic mass is 9.99. The summed E-state index contributed by atoms with van der Waals surface area (Å²) in [6, 6.07) is 1.87. The predicted molar refractivity (Wildman–Crippen MR) is 68.5 cm³/mol. The molecule has 1 aliphatic heterocycles. The summed E-state index contributed by atoms with van der Waals surface area (Å²) in [6.07, 6.45) is 0.286. The molecule has 1 heterocycles. The highest BCUT2D eigenvalue weighted by Crippen LogP contribution is 2.44. The molecule has 0 saturated heterocycles. The van der Waals surface area contributed by atoms with Crippen LogP contribution in [0.1, 0.15) is 24.2 Å². The molecule has 0 aliphatic carbocycles. The quantitative estimate of drug-likeness (QED) is 0.893. The molecule has 2 rings (SSSR count). The van der Waals surface area contributed by atoms with Crippen molar-refractivity contribution in [2.24, 2.45) is 0 Å². The van der Waals surface area contributed by atoms with E-state index in [1.165, 1.54) is 0 Å². The van der Waals surface area contributed by atoms with Crippen molar-refractivity contribution >= 4 is 15.9 Å². The average molecular weight is 302 g/mol. The molecule has 1 aromatic rings. The van der Waals surface area contributed by atoms with Crippen LogP contribution in [0.5, 0.6) is 11.5 Å². The summed E-state index contributed by atoms with van der Waals surface area (Å²) in [5.41, 5.74) is 1.95. The molecule has 0 saturated carbocycles. The number of halogens is 1. The van der Waals surface area contributed by atoms with Gasteiger partial charge in [-0.1, -0.05) is 6.92 Å². The molecule has 17 heavy (non-hydrogen) atoms. The fraction of sp³-hybridized carbons (Fsp3) is 0.500. The van der Waals surface area contributed by atoms with Crippen LogP contribution in [0.3, 0.4) is 0 Å². The number of rotatable bonds is 4. The van der Waals surface area contributed by atoms with E-state index in [9.17, 15) is 5.11 Å². The van der Waals surface area contributed by atoms with Gasteiger partial charge in [-0.3, -0.25) is 0 Å². The third-order valence-electron chi connectivity index (χ3n) is 2.85. The monoisotopic (exact) mass is 301 g/mol. The molecular weight excluding hydrogens is 286 g/mol. The van der Waals surface area contributed by atoms with Crippen molar-refractivity contribution in [3.63, 3.8) is 0 Å². The van der Waals surface area contributed by atoms with Gasteiger partial charge in [0.15, 0.2) is 11.5 Å². The molecule has 0 amide bonds. The van der Waals surface area contributed by atoms with Crippen molar-refractivity contribution in [3.05, 3.63) is 21.7 Å². The average Bonchev–Trinajstić information content (AvgIpc) is 2.77. The van der Waals surface area contributed by atoms with Crippen molar-refractivity contribution in [3.8, 4) is 11.5 Å². The van der Waals surface area contributed by atoms with Crippen molar-refractivity contribution in [1.82, 2.24) is 5.32 Å². The van der Waals surface area contributed by atoms with E-state index in [0.29, 0.717) is 12.3 Å². The number of aliphatic hydroxyl groups excluding tert-OH is 1. The maximum absolute atomic E-state index is 10.1. The molecule has 1 aromatic carbocycles. The SMILES string of the molecule is CCc1c(C(O)CNC)cc2c(c1Br)OCO2. The Kier molecular flexibility index (Phi) is 3.91. The first-order chi connectivity index (χ1) is 8.19. The summed E-state index contributed by atoms with van der Waals surface area (Å²) in [5, 5.41) is 13.1.